The van der Waals surface area contributed by atoms with Gasteiger partial charge in [0.1, 0.15) is 20.6 Å². The predicted octanol–water partition coefficient (Wildman–Crippen LogP) is -1.83. The van der Waals surface area contributed by atoms with Crippen molar-refractivity contribution in [3.63, 3.8) is 0 Å². The molecule has 0 aliphatic carbocycles. The lowest BCUT2D eigenvalue weighted by Gasteiger charge is -2.33. The van der Waals surface area contributed by atoms with E-state index in [2.05, 4.69) is 15.1 Å². The Morgan fingerprint density at radius 3 is 2.91 bits per heavy atom. The van der Waals surface area contributed by atoms with Crippen LogP contribution in [0, 0.1) is 0 Å². The van der Waals surface area contributed by atoms with Crippen LogP contribution >= 0.6 is 0 Å². The van der Waals surface area contributed by atoms with Crippen LogP contribution in [0.1, 0.15) is 6.92 Å². The zero-order chi connectivity index (χ0) is 16.2. The number of hydrogen-bond acceptors (Lipinski definition) is 7. The zero-order valence-corrected chi connectivity index (χ0v) is 13.4. The molecule has 2 fully saturated rings. The van der Waals surface area contributed by atoms with Gasteiger partial charge in [0.25, 0.3) is 0 Å². The van der Waals surface area contributed by atoms with Gasteiger partial charge in [0, 0.05) is 25.9 Å². The van der Waals surface area contributed by atoms with E-state index in [1.54, 1.807) is 24.2 Å². The van der Waals surface area contributed by atoms with Crippen molar-refractivity contribution in [2.75, 3.05) is 44.3 Å². The molecular formula is C14H20BN5O3. The van der Waals surface area contributed by atoms with E-state index < -0.39 is 0 Å². The van der Waals surface area contributed by atoms with Gasteiger partial charge in [-0.15, -0.1) is 0 Å². The van der Waals surface area contributed by atoms with Crippen LogP contribution in [0.4, 0.5) is 5.95 Å². The van der Waals surface area contributed by atoms with Gasteiger partial charge in [0.15, 0.2) is 0 Å². The van der Waals surface area contributed by atoms with E-state index in [9.17, 15) is 4.79 Å². The van der Waals surface area contributed by atoms with E-state index >= 15 is 0 Å². The first-order valence-electron chi connectivity index (χ1n) is 7.70. The van der Waals surface area contributed by atoms with Crippen LogP contribution in [0.5, 0.6) is 0 Å². The topological polar surface area (TPSA) is 80.2 Å². The van der Waals surface area contributed by atoms with Gasteiger partial charge in [-0.1, -0.05) is 10.6 Å². The highest BCUT2D eigenvalue weighted by Crippen LogP contribution is 2.13. The summed E-state index contributed by atoms with van der Waals surface area (Å²) in [5.74, 6) is 0.777. The Bertz CT molecular complexity index is 587. The highest BCUT2D eigenvalue weighted by atomic mass is 16.6. The molecule has 23 heavy (non-hydrogen) atoms. The molecule has 122 valence electrons. The summed E-state index contributed by atoms with van der Waals surface area (Å²) < 4.78 is 5.57. The van der Waals surface area contributed by atoms with Gasteiger partial charge in [-0.3, -0.25) is 4.79 Å². The molecule has 0 spiro atoms. The van der Waals surface area contributed by atoms with Crippen LogP contribution in [-0.4, -0.2) is 79.8 Å². The number of ether oxygens (including phenoxy) is 1. The number of oxime groups is 1. The van der Waals surface area contributed by atoms with Crippen molar-refractivity contribution in [2.45, 2.75) is 13.0 Å². The standard InChI is InChI=1S/C14H20BN5O3/c1-10(21)19-2-3-22-13(8-19)9-23-18-12-6-20(7-12)14-16-4-11(15)5-17-14/h4-5,13H,2-3,6-9,15H2,1H3. The quantitative estimate of drug-likeness (QED) is 0.480. The molecule has 2 aliphatic heterocycles. The number of nitrogens with zero attached hydrogens (tertiary/aromatic N) is 5. The second-order valence-electron chi connectivity index (χ2n) is 5.83. The summed E-state index contributed by atoms with van der Waals surface area (Å²) in [6.45, 7) is 5.02. The minimum Gasteiger partial charge on any atom is -0.393 e. The first-order valence-corrected chi connectivity index (χ1v) is 7.70. The van der Waals surface area contributed by atoms with Crippen molar-refractivity contribution < 1.29 is 14.4 Å². The molecule has 1 amide bonds. The van der Waals surface area contributed by atoms with E-state index in [-0.39, 0.29) is 12.0 Å². The Morgan fingerprint density at radius 1 is 1.48 bits per heavy atom. The monoisotopic (exact) mass is 317 g/mol. The maximum atomic E-state index is 11.4. The average molecular weight is 317 g/mol. The molecule has 0 radical (unpaired) electrons. The fourth-order valence-corrected chi connectivity index (χ4v) is 2.46. The molecule has 2 aliphatic rings. The van der Waals surface area contributed by atoms with Crippen LogP contribution in [0.2, 0.25) is 0 Å². The molecule has 3 rings (SSSR count). The highest BCUT2D eigenvalue weighted by Gasteiger charge is 2.26. The normalized spacial score (nSPS) is 20.9. The lowest BCUT2D eigenvalue weighted by Crippen LogP contribution is -2.49. The third-order valence-corrected chi connectivity index (χ3v) is 3.84. The van der Waals surface area contributed by atoms with E-state index in [1.165, 1.54) is 0 Å². The Balaban J connectivity index is 1.40. The fraction of sp³-hybridized carbons (Fsp3) is 0.571. The number of hydrogen-bond donors (Lipinski definition) is 0. The molecule has 0 N–H and O–H groups in total. The van der Waals surface area contributed by atoms with Gasteiger partial charge in [-0.05, 0) is 0 Å². The summed E-state index contributed by atoms with van der Waals surface area (Å²) in [5.41, 5.74) is 1.99. The Morgan fingerprint density at radius 2 is 2.22 bits per heavy atom. The molecule has 9 heteroatoms. The van der Waals surface area contributed by atoms with Crippen molar-refractivity contribution in [1.82, 2.24) is 14.9 Å². The molecule has 3 heterocycles. The summed E-state index contributed by atoms with van der Waals surface area (Å²) in [7, 11) is 1.96. The third kappa shape index (κ3) is 3.98. The minimum absolute atomic E-state index is 0.0670. The molecule has 8 nitrogen and oxygen atoms in total. The second kappa shape index (κ2) is 6.95. The maximum Gasteiger partial charge on any atom is 0.225 e. The molecule has 0 bridgehead atoms. The van der Waals surface area contributed by atoms with Crippen molar-refractivity contribution in [1.29, 1.82) is 0 Å². The predicted molar refractivity (Wildman–Crippen MR) is 87.8 cm³/mol. The van der Waals surface area contributed by atoms with E-state index in [4.69, 9.17) is 9.57 Å². The lowest BCUT2D eigenvalue weighted by molar-refractivity contribution is -0.139. The average Bonchev–Trinajstić information content (AvgIpc) is 2.51. The Kier molecular flexibility index (Phi) is 4.75. The van der Waals surface area contributed by atoms with Crippen LogP contribution in [-0.2, 0) is 14.4 Å². The summed E-state index contributed by atoms with van der Waals surface area (Å²) in [4.78, 5) is 29.1. The van der Waals surface area contributed by atoms with Gasteiger partial charge >= 0.3 is 0 Å². The maximum absolute atomic E-state index is 11.4. The number of anilines is 1. The van der Waals surface area contributed by atoms with Crippen molar-refractivity contribution in [3.05, 3.63) is 12.4 Å². The molecule has 1 unspecified atom stereocenters. The lowest BCUT2D eigenvalue weighted by atomic mass is 10.0. The van der Waals surface area contributed by atoms with Gasteiger partial charge in [-0.2, -0.15) is 0 Å². The highest BCUT2D eigenvalue weighted by molar-refractivity contribution is 6.31. The van der Waals surface area contributed by atoms with Crippen LogP contribution in [0.15, 0.2) is 17.5 Å². The number of carbonyl (C=O) groups is 1. The molecular weight excluding hydrogens is 297 g/mol. The zero-order valence-electron chi connectivity index (χ0n) is 13.4. The number of rotatable bonds is 4. The molecule has 2 saturated heterocycles. The molecule has 0 aromatic carbocycles. The minimum atomic E-state index is -0.117. The van der Waals surface area contributed by atoms with Gasteiger partial charge in [0.05, 0.1) is 32.0 Å². The molecule has 0 saturated carbocycles. The number of morpholine rings is 1. The van der Waals surface area contributed by atoms with Gasteiger partial charge in [0.2, 0.25) is 11.9 Å². The molecule has 1 aromatic heterocycles. The smallest absolute Gasteiger partial charge is 0.225 e. The second-order valence-corrected chi connectivity index (χ2v) is 5.83. The Labute approximate surface area is 135 Å². The summed E-state index contributed by atoms with van der Waals surface area (Å²) >= 11 is 0. The number of amides is 1. The fourth-order valence-electron chi connectivity index (χ4n) is 2.46. The SMILES string of the molecule is Bc1cnc(N2CC(=NOCC3CN(C(C)=O)CCO3)C2)nc1. The Hall–Kier alpha value is -2.16. The van der Waals surface area contributed by atoms with Crippen LogP contribution in [0.25, 0.3) is 0 Å². The molecule has 1 atom stereocenters. The number of carbonyl (C=O) groups excluding carboxylic acids is 1. The first kappa shape index (κ1) is 15.7. The first-order chi connectivity index (χ1) is 11.1. The largest absolute Gasteiger partial charge is 0.393 e. The number of aromatic nitrogens is 2. The van der Waals surface area contributed by atoms with Crippen molar-refractivity contribution >= 4 is 30.9 Å². The third-order valence-electron chi connectivity index (χ3n) is 3.84. The summed E-state index contributed by atoms with van der Waals surface area (Å²) in [6.07, 6.45) is 3.48. The molecule has 1 aromatic rings. The van der Waals surface area contributed by atoms with Crippen LogP contribution < -0.4 is 10.4 Å². The summed E-state index contributed by atoms with van der Waals surface area (Å²) in [6, 6.07) is 0. The van der Waals surface area contributed by atoms with E-state index in [0.717, 1.165) is 11.2 Å². The van der Waals surface area contributed by atoms with Crippen LogP contribution in [0.3, 0.4) is 0 Å². The van der Waals surface area contributed by atoms with E-state index in [0.29, 0.717) is 45.3 Å². The van der Waals surface area contributed by atoms with Crippen molar-refractivity contribution in [2.24, 2.45) is 5.16 Å². The summed E-state index contributed by atoms with van der Waals surface area (Å²) in [5, 5.41) is 4.12. The van der Waals surface area contributed by atoms with E-state index in [1.807, 2.05) is 12.7 Å². The van der Waals surface area contributed by atoms with Gasteiger partial charge in [-0.25, -0.2) is 9.97 Å². The van der Waals surface area contributed by atoms with Crippen molar-refractivity contribution in [3.8, 4) is 0 Å². The van der Waals surface area contributed by atoms with Gasteiger partial charge < -0.3 is 19.4 Å².